The summed E-state index contributed by atoms with van der Waals surface area (Å²) < 4.78 is 0. The zero-order valence-corrected chi connectivity index (χ0v) is 12.5. The number of likely N-dealkylation sites (tertiary alicyclic amines) is 1. The number of nitrogens with one attached hydrogen (secondary N) is 1. The number of piperidine rings is 1. The van der Waals surface area contributed by atoms with E-state index in [0.29, 0.717) is 11.5 Å². The van der Waals surface area contributed by atoms with Crippen molar-refractivity contribution in [2.45, 2.75) is 58.5 Å². The second kappa shape index (κ2) is 5.57. The third-order valence-corrected chi connectivity index (χ3v) is 4.35. The summed E-state index contributed by atoms with van der Waals surface area (Å²) >= 11 is 0. The van der Waals surface area contributed by atoms with E-state index in [1.165, 1.54) is 12.8 Å². The van der Waals surface area contributed by atoms with Crippen molar-refractivity contribution < 1.29 is 4.79 Å². The van der Waals surface area contributed by atoms with Crippen molar-refractivity contribution in [3.8, 4) is 0 Å². The number of rotatable bonds is 5. The SMILES string of the molecule is CNC(C)(CC(C)N1CCCC(C)(C)C1)C(N)=O. The largest absolute Gasteiger partial charge is 0.368 e. The Hall–Kier alpha value is -0.610. The summed E-state index contributed by atoms with van der Waals surface area (Å²) in [4.78, 5) is 14.0. The molecule has 106 valence electrons. The summed E-state index contributed by atoms with van der Waals surface area (Å²) in [6.45, 7) is 10.9. The molecule has 4 nitrogen and oxygen atoms in total. The normalized spacial score (nSPS) is 25.4. The fourth-order valence-corrected chi connectivity index (χ4v) is 2.89. The molecule has 2 unspecified atom stereocenters. The van der Waals surface area contributed by atoms with E-state index < -0.39 is 5.54 Å². The number of carbonyl (C=O) groups is 1. The Kier molecular flexibility index (Phi) is 4.78. The van der Waals surface area contributed by atoms with Gasteiger partial charge in [-0.25, -0.2) is 0 Å². The van der Waals surface area contributed by atoms with Crippen molar-refractivity contribution in [2.75, 3.05) is 20.1 Å². The second-order valence-electron chi connectivity index (χ2n) is 6.74. The quantitative estimate of drug-likeness (QED) is 0.779. The lowest BCUT2D eigenvalue weighted by Gasteiger charge is -2.43. The number of likely N-dealkylation sites (N-methyl/N-ethyl adjacent to an activating group) is 1. The van der Waals surface area contributed by atoms with Crippen molar-refractivity contribution in [1.29, 1.82) is 0 Å². The topological polar surface area (TPSA) is 58.4 Å². The highest BCUT2D eigenvalue weighted by atomic mass is 16.1. The van der Waals surface area contributed by atoms with Gasteiger partial charge in [-0.05, 0) is 52.1 Å². The molecule has 1 fully saturated rings. The van der Waals surface area contributed by atoms with Crippen LogP contribution in [0.2, 0.25) is 0 Å². The molecule has 3 N–H and O–H groups in total. The van der Waals surface area contributed by atoms with Gasteiger partial charge >= 0.3 is 0 Å². The zero-order chi connectivity index (χ0) is 14.0. The first-order chi connectivity index (χ1) is 8.20. The van der Waals surface area contributed by atoms with E-state index in [-0.39, 0.29) is 5.91 Å². The highest BCUT2D eigenvalue weighted by Gasteiger charge is 2.35. The van der Waals surface area contributed by atoms with Gasteiger partial charge < -0.3 is 16.0 Å². The van der Waals surface area contributed by atoms with Gasteiger partial charge in [0.1, 0.15) is 0 Å². The van der Waals surface area contributed by atoms with Gasteiger partial charge in [-0.15, -0.1) is 0 Å². The van der Waals surface area contributed by atoms with Crippen molar-refractivity contribution in [3.05, 3.63) is 0 Å². The molecule has 1 heterocycles. The Morgan fingerprint density at radius 1 is 1.56 bits per heavy atom. The van der Waals surface area contributed by atoms with Gasteiger partial charge in [-0.3, -0.25) is 4.79 Å². The Morgan fingerprint density at radius 3 is 2.61 bits per heavy atom. The maximum atomic E-state index is 11.5. The monoisotopic (exact) mass is 255 g/mol. The van der Waals surface area contributed by atoms with Crippen LogP contribution in [0.4, 0.5) is 0 Å². The standard InChI is InChI=1S/C14H29N3O/c1-11(9-14(4,16-5)12(15)18)17-8-6-7-13(2,3)10-17/h11,16H,6-10H2,1-5H3,(H2,15,18). The second-order valence-corrected chi connectivity index (χ2v) is 6.74. The van der Waals surface area contributed by atoms with Crippen LogP contribution in [-0.2, 0) is 4.79 Å². The molecule has 1 rings (SSSR count). The molecule has 1 saturated heterocycles. The summed E-state index contributed by atoms with van der Waals surface area (Å²) in [5.74, 6) is -0.270. The van der Waals surface area contributed by atoms with Crippen molar-refractivity contribution >= 4 is 5.91 Å². The van der Waals surface area contributed by atoms with Gasteiger partial charge in [0.05, 0.1) is 5.54 Å². The Bertz CT molecular complexity index is 303. The van der Waals surface area contributed by atoms with E-state index in [1.54, 1.807) is 7.05 Å². The number of hydrogen-bond donors (Lipinski definition) is 2. The predicted octanol–water partition coefficient (Wildman–Crippen LogP) is 1.35. The molecule has 0 radical (unpaired) electrons. The van der Waals surface area contributed by atoms with Crippen molar-refractivity contribution in [1.82, 2.24) is 10.2 Å². The Balaban J connectivity index is 2.64. The Labute approximate surface area is 111 Å². The number of primary amides is 1. The molecule has 0 aliphatic carbocycles. The molecule has 2 atom stereocenters. The first kappa shape index (κ1) is 15.4. The molecule has 18 heavy (non-hydrogen) atoms. The van der Waals surface area contributed by atoms with Crippen molar-refractivity contribution in [3.63, 3.8) is 0 Å². The van der Waals surface area contributed by atoms with Crippen LogP contribution >= 0.6 is 0 Å². The fraction of sp³-hybridized carbons (Fsp3) is 0.929. The summed E-state index contributed by atoms with van der Waals surface area (Å²) in [7, 11) is 1.80. The lowest BCUT2D eigenvalue weighted by atomic mass is 9.82. The molecule has 0 aromatic heterocycles. The number of carbonyl (C=O) groups excluding carboxylic acids is 1. The summed E-state index contributed by atoms with van der Waals surface area (Å²) in [5.41, 5.74) is 5.27. The highest BCUT2D eigenvalue weighted by Crippen LogP contribution is 2.30. The predicted molar refractivity (Wildman–Crippen MR) is 75.3 cm³/mol. The number of nitrogens with zero attached hydrogens (tertiary/aromatic N) is 1. The van der Waals surface area contributed by atoms with Crippen LogP contribution in [0.3, 0.4) is 0 Å². The summed E-state index contributed by atoms with van der Waals surface area (Å²) in [6.07, 6.45) is 3.29. The molecule has 0 spiro atoms. The molecule has 1 amide bonds. The van der Waals surface area contributed by atoms with Crippen LogP contribution in [0.15, 0.2) is 0 Å². The van der Waals surface area contributed by atoms with Crippen LogP contribution in [0.25, 0.3) is 0 Å². The molecular weight excluding hydrogens is 226 g/mol. The van der Waals surface area contributed by atoms with E-state index in [4.69, 9.17) is 5.73 Å². The third-order valence-electron chi connectivity index (χ3n) is 4.35. The molecular formula is C14H29N3O. The van der Waals surface area contributed by atoms with Crippen LogP contribution in [0.1, 0.15) is 47.0 Å². The molecule has 4 heteroatoms. The Morgan fingerprint density at radius 2 is 2.17 bits per heavy atom. The minimum absolute atomic E-state index is 0.270. The van der Waals surface area contributed by atoms with Gasteiger partial charge in [0, 0.05) is 12.6 Å². The maximum absolute atomic E-state index is 11.5. The van der Waals surface area contributed by atoms with Crippen LogP contribution in [-0.4, -0.2) is 42.5 Å². The fourth-order valence-electron chi connectivity index (χ4n) is 2.89. The molecule has 0 saturated carbocycles. The van der Waals surface area contributed by atoms with Gasteiger partial charge in [0.15, 0.2) is 0 Å². The average Bonchev–Trinajstić information content (AvgIpc) is 2.27. The van der Waals surface area contributed by atoms with Gasteiger partial charge in [0.25, 0.3) is 0 Å². The van der Waals surface area contributed by atoms with E-state index in [9.17, 15) is 4.79 Å². The molecule has 0 aromatic carbocycles. The van der Waals surface area contributed by atoms with E-state index in [2.05, 4.69) is 31.0 Å². The molecule has 0 bridgehead atoms. The molecule has 1 aliphatic heterocycles. The van der Waals surface area contributed by atoms with Crippen LogP contribution < -0.4 is 11.1 Å². The maximum Gasteiger partial charge on any atom is 0.237 e. The van der Waals surface area contributed by atoms with E-state index in [1.807, 2.05) is 6.92 Å². The van der Waals surface area contributed by atoms with Gasteiger partial charge in [-0.1, -0.05) is 13.8 Å². The smallest absolute Gasteiger partial charge is 0.237 e. The van der Waals surface area contributed by atoms with E-state index in [0.717, 1.165) is 19.5 Å². The van der Waals surface area contributed by atoms with E-state index >= 15 is 0 Å². The summed E-state index contributed by atoms with van der Waals surface area (Å²) in [5, 5.41) is 3.07. The number of amides is 1. The van der Waals surface area contributed by atoms with Crippen LogP contribution in [0, 0.1) is 5.41 Å². The minimum atomic E-state index is -0.610. The average molecular weight is 255 g/mol. The molecule has 0 aromatic rings. The third kappa shape index (κ3) is 3.69. The van der Waals surface area contributed by atoms with Crippen molar-refractivity contribution in [2.24, 2.45) is 11.1 Å². The zero-order valence-electron chi connectivity index (χ0n) is 12.5. The number of hydrogen-bond acceptors (Lipinski definition) is 3. The van der Waals surface area contributed by atoms with Crippen LogP contribution in [0.5, 0.6) is 0 Å². The molecule has 1 aliphatic rings. The van der Waals surface area contributed by atoms with Gasteiger partial charge in [-0.2, -0.15) is 0 Å². The minimum Gasteiger partial charge on any atom is -0.368 e. The lowest BCUT2D eigenvalue weighted by Crippen LogP contribution is -2.56. The highest BCUT2D eigenvalue weighted by molar-refractivity contribution is 5.84. The first-order valence-corrected chi connectivity index (χ1v) is 6.93. The number of nitrogens with two attached hydrogens (primary N) is 1. The summed E-state index contributed by atoms with van der Waals surface area (Å²) in [6, 6.07) is 0.370. The van der Waals surface area contributed by atoms with Gasteiger partial charge in [0.2, 0.25) is 5.91 Å². The lowest BCUT2D eigenvalue weighted by molar-refractivity contribution is -0.124. The first-order valence-electron chi connectivity index (χ1n) is 6.93.